The number of nitrogens with one attached hydrogen (secondary N) is 1. The summed E-state index contributed by atoms with van der Waals surface area (Å²) in [5.41, 5.74) is 5.86. The van der Waals surface area contributed by atoms with Gasteiger partial charge in [0, 0.05) is 25.8 Å². The summed E-state index contributed by atoms with van der Waals surface area (Å²) in [5, 5.41) is 2.62. The third kappa shape index (κ3) is 4.50. The molecule has 0 aliphatic carbocycles. The zero-order chi connectivity index (χ0) is 12.7. The zero-order valence-corrected chi connectivity index (χ0v) is 9.78. The molecule has 0 spiro atoms. The molecule has 17 heavy (non-hydrogen) atoms. The van der Waals surface area contributed by atoms with Crippen molar-refractivity contribution in [2.24, 2.45) is 5.73 Å². The molecule has 0 aromatic heterocycles. The number of hydrogen-bond donors (Lipinski definition) is 2. The normalized spacial score (nSPS) is 12.2. The highest BCUT2D eigenvalue weighted by atomic mass is 19.1. The average Bonchev–Trinajstić information content (AvgIpc) is 2.35. The van der Waals surface area contributed by atoms with Gasteiger partial charge in [0.05, 0.1) is 12.5 Å². The largest absolute Gasteiger partial charge is 0.380 e. The molecule has 1 rings (SSSR count). The maximum atomic E-state index is 13.2. The SMILES string of the molecule is COC(CN)CC(=O)NCc1ccccc1F. The summed E-state index contributed by atoms with van der Waals surface area (Å²) in [5.74, 6) is -0.527. The molecule has 1 atom stereocenters. The predicted molar refractivity (Wildman–Crippen MR) is 62.7 cm³/mol. The second-order valence-electron chi connectivity index (χ2n) is 3.67. The van der Waals surface area contributed by atoms with Gasteiger partial charge in [0.1, 0.15) is 5.82 Å². The van der Waals surface area contributed by atoms with E-state index in [1.165, 1.54) is 13.2 Å². The molecular formula is C12H17FN2O2. The first kappa shape index (κ1) is 13.6. The molecule has 0 aliphatic heterocycles. The lowest BCUT2D eigenvalue weighted by atomic mass is 10.2. The minimum absolute atomic E-state index is 0.173. The molecule has 0 heterocycles. The number of benzene rings is 1. The van der Waals surface area contributed by atoms with E-state index in [0.29, 0.717) is 5.56 Å². The first-order valence-electron chi connectivity index (χ1n) is 5.40. The summed E-state index contributed by atoms with van der Waals surface area (Å²) in [6.45, 7) is 0.454. The number of nitrogens with two attached hydrogens (primary N) is 1. The summed E-state index contributed by atoms with van der Waals surface area (Å²) in [6.07, 6.45) is -0.114. The summed E-state index contributed by atoms with van der Waals surface area (Å²) in [6, 6.07) is 6.32. The molecule has 0 radical (unpaired) electrons. The van der Waals surface area contributed by atoms with E-state index in [-0.39, 0.29) is 37.3 Å². The van der Waals surface area contributed by atoms with E-state index in [0.717, 1.165) is 0 Å². The number of amides is 1. The van der Waals surface area contributed by atoms with Crippen molar-refractivity contribution < 1.29 is 13.9 Å². The standard InChI is InChI=1S/C12H17FN2O2/c1-17-10(7-14)6-12(16)15-8-9-4-2-3-5-11(9)13/h2-5,10H,6-8,14H2,1H3,(H,15,16). The number of ether oxygens (including phenoxy) is 1. The van der Waals surface area contributed by atoms with Gasteiger partial charge in [0.2, 0.25) is 5.91 Å². The van der Waals surface area contributed by atoms with Crippen LogP contribution in [0.5, 0.6) is 0 Å². The number of carbonyl (C=O) groups is 1. The number of halogens is 1. The lowest BCUT2D eigenvalue weighted by molar-refractivity contribution is -0.123. The summed E-state index contributed by atoms with van der Waals surface area (Å²) in [7, 11) is 1.50. The van der Waals surface area contributed by atoms with E-state index in [4.69, 9.17) is 10.5 Å². The molecule has 0 saturated carbocycles. The molecule has 3 N–H and O–H groups in total. The number of rotatable bonds is 6. The summed E-state index contributed by atoms with van der Waals surface area (Å²) >= 11 is 0. The van der Waals surface area contributed by atoms with Crippen molar-refractivity contribution in [2.75, 3.05) is 13.7 Å². The third-order valence-corrected chi connectivity index (χ3v) is 2.44. The van der Waals surface area contributed by atoms with Crippen LogP contribution in [0.2, 0.25) is 0 Å². The average molecular weight is 240 g/mol. The second kappa shape index (κ2) is 6.98. The molecule has 1 unspecified atom stereocenters. The van der Waals surface area contributed by atoms with Crippen molar-refractivity contribution in [3.05, 3.63) is 35.6 Å². The Bertz CT molecular complexity index is 367. The Labute approximate surface area is 100.0 Å². The van der Waals surface area contributed by atoms with Crippen LogP contribution in [0.3, 0.4) is 0 Å². The minimum Gasteiger partial charge on any atom is -0.380 e. The molecule has 1 amide bonds. The van der Waals surface area contributed by atoms with E-state index in [9.17, 15) is 9.18 Å². The quantitative estimate of drug-likeness (QED) is 0.773. The molecule has 0 saturated heterocycles. The maximum absolute atomic E-state index is 13.2. The van der Waals surface area contributed by atoms with Crippen LogP contribution in [0.15, 0.2) is 24.3 Å². The van der Waals surface area contributed by atoms with Crippen LogP contribution in [0.4, 0.5) is 4.39 Å². The molecule has 94 valence electrons. The highest BCUT2D eigenvalue weighted by Crippen LogP contribution is 2.05. The Balaban J connectivity index is 2.41. The lowest BCUT2D eigenvalue weighted by Gasteiger charge is -2.12. The van der Waals surface area contributed by atoms with Crippen LogP contribution in [0.1, 0.15) is 12.0 Å². The summed E-state index contributed by atoms with van der Waals surface area (Å²) < 4.78 is 18.2. The number of carbonyl (C=O) groups excluding carboxylic acids is 1. The molecular weight excluding hydrogens is 223 g/mol. The van der Waals surface area contributed by atoms with Crippen LogP contribution < -0.4 is 11.1 Å². The maximum Gasteiger partial charge on any atom is 0.222 e. The first-order valence-corrected chi connectivity index (χ1v) is 5.40. The van der Waals surface area contributed by atoms with Crippen molar-refractivity contribution in [3.63, 3.8) is 0 Å². The molecule has 0 aliphatic rings. The van der Waals surface area contributed by atoms with E-state index in [2.05, 4.69) is 5.32 Å². The van der Waals surface area contributed by atoms with Gasteiger partial charge in [-0.1, -0.05) is 18.2 Å². The van der Waals surface area contributed by atoms with Gasteiger partial charge in [0.25, 0.3) is 0 Å². The fourth-order valence-electron chi connectivity index (χ4n) is 1.38. The van der Waals surface area contributed by atoms with Crippen molar-refractivity contribution in [1.82, 2.24) is 5.32 Å². The Kier molecular flexibility index (Phi) is 5.59. The Morgan fingerprint density at radius 1 is 1.53 bits per heavy atom. The molecule has 1 aromatic carbocycles. The van der Waals surface area contributed by atoms with Crippen molar-refractivity contribution >= 4 is 5.91 Å². The zero-order valence-electron chi connectivity index (χ0n) is 9.78. The highest BCUT2D eigenvalue weighted by molar-refractivity contribution is 5.76. The van der Waals surface area contributed by atoms with Crippen LogP contribution >= 0.6 is 0 Å². The first-order chi connectivity index (χ1) is 8.17. The van der Waals surface area contributed by atoms with E-state index in [1.54, 1.807) is 18.2 Å². The third-order valence-electron chi connectivity index (χ3n) is 2.44. The minimum atomic E-state index is -0.324. The monoisotopic (exact) mass is 240 g/mol. The second-order valence-corrected chi connectivity index (χ2v) is 3.67. The number of methoxy groups -OCH3 is 1. The fourth-order valence-corrected chi connectivity index (χ4v) is 1.38. The van der Waals surface area contributed by atoms with Crippen molar-refractivity contribution in [2.45, 2.75) is 19.1 Å². The highest BCUT2D eigenvalue weighted by Gasteiger charge is 2.11. The topological polar surface area (TPSA) is 64.3 Å². The molecule has 5 heteroatoms. The molecule has 1 aromatic rings. The predicted octanol–water partition coefficient (Wildman–Crippen LogP) is 0.806. The summed E-state index contributed by atoms with van der Waals surface area (Å²) in [4.78, 5) is 11.5. The van der Waals surface area contributed by atoms with Gasteiger partial charge in [-0.05, 0) is 6.07 Å². The Morgan fingerprint density at radius 3 is 2.82 bits per heavy atom. The van der Waals surface area contributed by atoms with Gasteiger partial charge in [0.15, 0.2) is 0 Å². The van der Waals surface area contributed by atoms with Gasteiger partial charge in [-0.25, -0.2) is 4.39 Å². The van der Waals surface area contributed by atoms with E-state index >= 15 is 0 Å². The fraction of sp³-hybridized carbons (Fsp3) is 0.417. The Morgan fingerprint density at radius 2 is 2.24 bits per heavy atom. The van der Waals surface area contributed by atoms with Gasteiger partial charge in [-0.15, -0.1) is 0 Å². The van der Waals surface area contributed by atoms with Gasteiger partial charge >= 0.3 is 0 Å². The van der Waals surface area contributed by atoms with E-state index in [1.807, 2.05) is 0 Å². The van der Waals surface area contributed by atoms with Crippen LogP contribution in [-0.2, 0) is 16.1 Å². The van der Waals surface area contributed by atoms with Crippen LogP contribution in [0.25, 0.3) is 0 Å². The van der Waals surface area contributed by atoms with E-state index < -0.39 is 0 Å². The molecule has 0 fully saturated rings. The Hall–Kier alpha value is -1.46. The lowest BCUT2D eigenvalue weighted by Crippen LogP contribution is -2.32. The van der Waals surface area contributed by atoms with Crippen LogP contribution in [0, 0.1) is 5.82 Å². The van der Waals surface area contributed by atoms with Gasteiger partial charge in [-0.2, -0.15) is 0 Å². The van der Waals surface area contributed by atoms with Gasteiger partial charge in [-0.3, -0.25) is 4.79 Å². The van der Waals surface area contributed by atoms with Crippen molar-refractivity contribution in [3.8, 4) is 0 Å². The molecule has 4 nitrogen and oxygen atoms in total. The number of hydrogen-bond acceptors (Lipinski definition) is 3. The van der Waals surface area contributed by atoms with Crippen molar-refractivity contribution in [1.29, 1.82) is 0 Å². The van der Waals surface area contributed by atoms with Gasteiger partial charge < -0.3 is 15.8 Å². The molecule has 0 bridgehead atoms. The van der Waals surface area contributed by atoms with Crippen LogP contribution in [-0.4, -0.2) is 25.7 Å². The smallest absolute Gasteiger partial charge is 0.222 e.